The SMILES string of the molecule is CC(C)CNC(=O)CCn1c(=O)c2ccccc2n2c(SCC(=O)N(C)c3ccccc3)nnc12. The molecular formula is C25H28N6O3S. The molecule has 0 aliphatic rings. The lowest BCUT2D eigenvalue weighted by atomic mass is 10.2. The van der Waals surface area contributed by atoms with Gasteiger partial charge in [0.15, 0.2) is 5.16 Å². The highest BCUT2D eigenvalue weighted by Gasteiger charge is 2.19. The molecule has 9 nitrogen and oxygen atoms in total. The average molecular weight is 493 g/mol. The van der Waals surface area contributed by atoms with Crippen molar-refractivity contribution in [2.45, 2.75) is 32.0 Å². The van der Waals surface area contributed by atoms with Crippen LogP contribution in [0.1, 0.15) is 20.3 Å². The van der Waals surface area contributed by atoms with Crippen LogP contribution in [0.25, 0.3) is 16.7 Å². The van der Waals surface area contributed by atoms with E-state index in [2.05, 4.69) is 15.5 Å². The third-order valence-corrected chi connectivity index (χ3v) is 6.50. The molecule has 2 aromatic heterocycles. The summed E-state index contributed by atoms with van der Waals surface area (Å²) in [6, 6.07) is 16.6. The van der Waals surface area contributed by atoms with Crippen LogP contribution in [-0.2, 0) is 16.1 Å². The van der Waals surface area contributed by atoms with Crippen molar-refractivity contribution in [3.8, 4) is 0 Å². The minimum atomic E-state index is -0.228. The van der Waals surface area contributed by atoms with E-state index in [-0.39, 0.29) is 36.1 Å². The number of aromatic nitrogens is 4. The Bertz CT molecular complexity index is 1410. The molecule has 4 rings (SSSR count). The van der Waals surface area contributed by atoms with E-state index in [4.69, 9.17) is 0 Å². The molecule has 2 amide bonds. The standard InChI is InChI=1S/C25H28N6O3S/c1-17(2)15-26-21(32)13-14-30-23(34)19-11-7-8-12-20(19)31-24(30)27-28-25(31)35-16-22(33)29(3)18-9-5-4-6-10-18/h4-12,17H,13-16H2,1-3H3,(H,26,32). The van der Waals surface area contributed by atoms with Gasteiger partial charge in [-0.15, -0.1) is 10.2 Å². The zero-order valence-corrected chi connectivity index (χ0v) is 20.8. The molecule has 0 saturated carbocycles. The molecule has 0 fully saturated rings. The second-order valence-electron chi connectivity index (χ2n) is 8.62. The third-order valence-electron chi connectivity index (χ3n) is 5.59. The normalized spacial score (nSPS) is 11.3. The first kappa shape index (κ1) is 24.5. The number of hydrogen-bond donors (Lipinski definition) is 1. The van der Waals surface area contributed by atoms with E-state index in [0.717, 1.165) is 5.69 Å². The number of benzene rings is 2. The van der Waals surface area contributed by atoms with E-state index in [9.17, 15) is 14.4 Å². The van der Waals surface area contributed by atoms with Gasteiger partial charge in [0.05, 0.1) is 16.7 Å². The highest BCUT2D eigenvalue weighted by molar-refractivity contribution is 7.99. The number of carbonyl (C=O) groups excluding carboxylic acids is 2. The summed E-state index contributed by atoms with van der Waals surface area (Å²) < 4.78 is 3.26. The number of hydrogen-bond acceptors (Lipinski definition) is 6. The molecule has 0 bridgehead atoms. The van der Waals surface area contributed by atoms with Gasteiger partial charge in [0.25, 0.3) is 5.56 Å². The zero-order chi connectivity index (χ0) is 24.9. The predicted molar refractivity (Wildman–Crippen MR) is 138 cm³/mol. The first-order chi connectivity index (χ1) is 16.9. The number of nitrogens with zero attached hydrogens (tertiary/aromatic N) is 5. The highest BCUT2D eigenvalue weighted by atomic mass is 32.2. The molecule has 0 aliphatic heterocycles. The van der Waals surface area contributed by atoms with Crippen molar-refractivity contribution in [1.29, 1.82) is 0 Å². The maximum atomic E-state index is 13.2. The molecule has 4 aromatic rings. The van der Waals surface area contributed by atoms with Crippen LogP contribution >= 0.6 is 11.8 Å². The summed E-state index contributed by atoms with van der Waals surface area (Å²) >= 11 is 1.26. The van der Waals surface area contributed by atoms with Crippen LogP contribution in [0.2, 0.25) is 0 Å². The van der Waals surface area contributed by atoms with Gasteiger partial charge in [-0.25, -0.2) is 0 Å². The molecule has 0 aliphatic carbocycles. The van der Waals surface area contributed by atoms with Crippen molar-refractivity contribution >= 4 is 45.9 Å². The van der Waals surface area contributed by atoms with Crippen molar-refractivity contribution < 1.29 is 9.59 Å². The topological polar surface area (TPSA) is 102 Å². The van der Waals surface area contributed by atoms with E-state index >= 15 is 0 Å². The molecule has 10 heteroatoms. The molecule has 182 valence electrons. The van der Waals surface area contributed by atoms with E-state index in [1.165, 1.54) is 16.3 Å². The van der Waals surface area contributed by atoms with Crippen molar-refractivity contribution in [1.82, 2.24) is 24.5 Å². The third kappa shape index (κ3) is 5.37. The van der Waals surface area contributed by atoms with Crippen LogP contribution in [0.3, 0.4) is 0 Å². The number of thioether (sulfide) groups is 1. The van der Waals surface area contributed by atoms with Gasteiger partial charge in [0.2, 0.25) is 17.6 Å². The van der Waals surface area contributed by atoms with Gasteiger partial charge in [-0.2, -0.15) is 0 Å². The van der Waals surface area contributed by atoms with Crippen LogP contribution in [0.4, 0.5) is 5.69 Å². The van der Waals surface area contributed by atoms with E-state index in [1.54, 1.807) is 28.5 Å². The van der Waals surface area contributed by atoms with Crippen LogP contribution in [0, 0.1) is 5.92 Å². The minimum Gasteiger partial charge on any atom is -0.356 e. The summed E-state index contributed by atoms with van der Waals surface area (Å²) in [6.07, 6.45) is 0.149. The summed E-state index contributed by atoms with van der Waals surface area (Å²) in [5, 5.41) is 12.4. The number of rotatable bonds is 9. The Morgan fingerprint density at radius 2 is 1.77 bits per heavy atom. The van der Waals surface area contributed by atoms with Crippen LogP contribution in [-0.4, -0.2) is 50.3 Å². The summed E-state index contributed by atoms with van der Waals surface area (Å²) in [4.78, 5) is 39.9. The molecule has 0 spiro atoms. The molecular weight excluding hydrogens is 464 g/mol. The molecule has 0 unspecified atom stereocenters. The van der Waals surface area contributed by atoms with Crippen molar-refractivity contribution in [2.24, 2.45) is 5.92 Å². The molecule has 1 N–H and O–H groups in total. The smallest absolute Gasteiger partial charge is 0.262 e. The lowest BCUT2D eigenvalue weighted by Crippen LogP contribution is -2.30. The lowest BCUT2D eigenvalue weighted by molar-refractivity contribution is -0.121. The van der Waals surface area contributed by atoms with Crippen LogP contribution < -0.4 is 15.8 Å². The maximum Gasteiger partial charge on any atom is 0.262 e. The zero-order valence-electron chi connectivity index (χ0n) is 20.0. The van der Waals surface area contributed by atoms with E-state index in [1.807, 2.05) is 56.3 Å². The van der Waals surface area contributed by atoms with E-state index in [0.29, 0.717) is 34.3 Å². The predicted octanol–water partition coefficient (Wildman–Crippen LogP) is 2.96. The van der Waals surface area contributed by atoms with Crippen LogP contribution in [0.15, 0.2) is 64.5 Å². The number of aryl methyl sites for hydroxylation is 1. The van der Waals surface area contributed by atoms with E-state index < -0.39 is 0 Å². The van der Waals surface area contributed by atoms with Gasteiger partial charge in [0.1, 0.15) is 0 Å². The molecule has 0 radical (unpaired) electrons. The number of fused-ring (bicyclic) bond motifs is 3. The Hall–Kier alpha value is -3.66. The first-order valence-electron chi connectivity index (χ1n) is 11.4. The summed E-state index contributed by atoms with van der Waals surface area (Å²) in [6.45, 7) is 4.80. The Labute approximate surface area is 207 Å². The second kappa shape index (κ2) is 10.7. The number of nitrogens with one attached hydrogen (secondary N) is 1. The van der Waals surface area contributed by atoms with Crippen molar-refractivity contribution in [2.75, 3.05) is 24.2 Å². The molecule has 0 atom stereocenters. The Morgan fingerprint density at radius 1 is 1.06 bits per heavy atom. The fourth-order valence-corrected chi connectivity index (χ4v) is 4.52. The van der Waals surface area contributed by atoms with Gasteiger partial charge in [-0.3, -0.25) is 23.4 Å². The minimum absolute atomic E-state index is 0.0857. The van der Waals surface area contributed by atoms with Gasteiger partial charge < -0.3 is 10.2 Å². The molecule has 2 aromatic carbocycles. The van der Waals surface area contributed by atoms with Crippen LogP contribution in [0.5, 0.6) is 0 Å². The number of amides is 2. The molecule has 35 heavy (non-hydrogen) atoms. The van der Waals surface area contributed by atoms with Gasteiger partial charge >= 0.3 is 0 Å². The molecule has 2 heterocycles. The quantitative estimate of drug-likeness (QED) is 0.361. The number of anilines is 1. The Morgan fingerprint density at radius 3 is 2.51 bits per heavy atom. The Kier molecular flexibility index (Phi) is 7.50. The monoisotopic (exact) mass is 492 g/mol. The highest BCUT2D eigenvalue weighted by Crippen LogP contribution is 2.23. The van der Waals surface area contributed by atoms with Crippen molar-refractivity contribution in [3.63, 3.8) is 0 Å². The second-order valence-corrected chi connectivity index (χ2v) is 9.56. The fourth-order valence-electron chi connectivity index (χ4n) is 3.67. The largest absolute Gasteiger partial charge is 0.356 e. The van der Waals surface area contributed by atoms with Gasteiger partial charge in [-0.1, -0.05) is 55.9 Å². The summed E-state index contributed by atoms with van der Waals surface area (Å²) in [7, 11) is 1.73. The van der Waals surface area contributed by atoms with Crippen molar-refractivity contribution in [3.05, 3.63) is 65.0 Å². The Balaban J connectivity index is 1.62. The molecule has 0 saturated heterocycles. The fraction of sp³-hybridized carbons (Fsp3) is 0.320. The van der Waals surface area contributed by atoms with Gasteiger partial charge in [-0.05, 0) is 30.2 Å². The number of para-hydroxylation sites is 2. The maximum absolute atomic E-state index is 13.2. The first-order valence-corrected chi connectivity index (χ1v) is 12.4. The summed E-state index contributed by atoms with van der Waals surface area (Å²) in [5.41, 5.74) is 1.23. The average Bonchev–Trinajstić information content (AvgIpc) is 3.30. The lowest BCUT2D eigenvalue weighted by Gasteiger charge is -2.16. The number of carbonyl (C=O) groups is 2. The van der Waals surface area contributed by atoms with Gasteiger partial charge in [0, 0.05) is 32.2 Å². The summed E-state index contributed by atoms with van der Waals surface area (Å²) in [5.74, 6) is 0.625.